The zero-order valence-corrected chi connectivity index (χ0v) is 16.9. The van der Waals surface area contributed by atoms with Crippen LogP contribution in [0.25, 0.3) is 0 Å². The van der Waals surface area contributed by atoms with Crippen LogP contribution in [-0.4, -0.2) is 47.5 Å². The van der Waals surface area contributed by atoms with E-state index in [2.05, 4.69) is 10.4 Å². The number of alkyl halides is 3. The summed E-state index contributed by atoms with van der Waals surface area (Å²) in [4.78, 5) is 0. The second kappa shape index (κ2) is 6.65. The molecule has 6 nitrogen and oxygen atoms in total. The van der Waals surface area contributed by atoms with Crippen molar-refractivity contribution < 1.29 is 21.6 Å². The minimum Gasteiger partial charge on any atom is -0.367 e. The number of anilines is 1. The molecule has 1 fully saturated rings. The molecule has 2 aliphatic heterocycles. The highest BCUT2D eigenvalue weighted by Crippen LogP contribution is 2.44. The van der Waals surface area contributed by atoms with E-state index in [4.69, 9.17) is 0 Å². The van der Waals surface area contributed by atoms with Gasteiger partial charge in [-0.25, -0.2) is 13.1 Å². The maximum Gasteiger partial charge on any atom is 0.410 e. The summed E-state index contributed by atoms with van der Waals surface area (Å²) in [5, 5.41) is 7.42. The predicted octanol–water partition coefficient (Wildman–Crippen LogP) is 3.70. The number of nitrogens with zero attached hydrogens (tertiary/aromatic N) is 3. The number of fused-ring (bicyclic) bond motifs is 1. The average Bonchev–Trinajstić information content (AvgIpc) is 2.95. The quantitative estimate of drug-likeness (QED) is 0.810. The number of sulfonamides is 1. The smallest absolute Gasteiger partial charge is 0.367 e. The molecule has 154 valence electrons. The normalized spacial score (nSPS) is 27.9. The van der Waals surface area contributed by atoms with E-state index >= 15 is 0 Å². The van der Waals surface area contributed by atoms with Crippen molar-refractivity contribution in [3.63, 3.8) is 0 Å². The van der Waals surface area contributed by atoms with Gasteiger partial charge in [-0.15, -0.1) is 0 Å². The summed E-state index contributed by atoms with van der Waals surface area (Å²) in [5.41, 5.74) is 0.0226. The molecule has 0 aliphatic carbocycles. The molecular weight excluding hydrogens is 381 g/mol. The third-order valence-electron chi connectivity index (χ3n) is 5.48. The van der Waals surface area contributed by atoms with Crippen molar-refractivity contribution in [2.75, 3.05) is 18.1 Å². The Morgan fingerprint density at radius 3 is 2.44 bits per heavy atom. The van der Waals surface area contributed by atoms with Gasteiger partial charge in [0, 0.05) is 18.7 Å². The van der Waals surface area contributed by atoms with Gasteiger partial charge in [-0.1, -0.05) is 27.2 Å². The number of aromatic nitrogens is 2. The van der Waals surface area contributed by atoms with E-state index in [1.165, 1.54) is 4.31 Å². The Hall–Kier alpha value is -1.29. The SMILES string of the molecule is CC(C)(C)[C@@H]1C[C@H](C(F)(F)F)n2nc([C@H]3CCCCN3S(C)(=O)=O)cc2N1. The predicted molar refractivity (Wildman–Crippen MR) is 96.9 cm³/mol. The Labute approximate surface area is 158 Å². The topological polar surface area (TPSA) is 67.2 Å². The van der Waals surface area contributed by atoms with Gasteiger partial charge in [-0.05, 0) is 24.7 Å². The minimum atomic E-state index is -4.42. The van der Waals surface area contributed by atoms with Crippen molar-refractivity contribution in [2.24, 2.45) is 5.41 Å². The molecule has 0 unspecified atom stereocenters. The molecule has 1 aromatic rings. The van der Waals surface area contributed by atoms with Crippen LogP contribution in [0.15, 0.2) is 6.07 Å². The highest BCUT2D eigenvalue weighted by molar-refractivity contribution is 7.88. The first-order chi connectivity index (χ1) is 12.3. The first-order valence-electron chi connectivity index (χ1n) is 9.18. The summed E-state index contributed by atoms with van der Waals surface area (Å²) < 4.78 is 67.7. The Bertz CT molecular complexity index is 798. The van der Waals surface area contributed by atoms with Crippen molar-refractivity contribution >= 4 is 15.8 Å². The molecule has 27 heavy (non-hydrogen) atoms. The summed E-state index contributed by atoms with van der Waals surface area (Å²) in [5.74, 6) is 0.303. The minimum absolute atomic E-state index is 0.110. The maximum atomic E-state index is 13.7. The molecule has 3 atom stereocenters. The van der Waals surface area contributed by atoms with Gasteiger partial charge in [-0.3, -0.25) is 0 Å². The van der Waals surface area contributed by atoms with Crippen LogP contribution in [0.2, 0.25) is 0 Å². The van der Waals surface area contributed by atoms with Gasteiger partial charge < -0.3 is 5.32 Å². The van der Waals surface area contributed by atoms with Crippen LogP contribution in [0.4, 0.5) is 19.0 Å². The van der Waals surface area contributed by atoms with Gasteiger partial charge in [0.25, 0.3) is 0 Å². The lowest BCUT2D eigenvalue weighted by atomic mass is 9.82. The second-order valence-electron chi connectivity index (χ2n) is 8.64. The summed E-state index contributed by atoms with van der Waals surface area (Å²) >= 11 is 0. The lowest BCUT2D eigenvalue weighted by Gasteiger charge is -2.39. The van der Waals surface area contributed by atoms with Gasteiger partial charge in [-0.2, -0.15) is 22.6 Å². The Kier molecular flexibility index (Phi) is 5.03. The number of nitrogens with one attached hydrogen (secondary N) is 1. The highest BCUT2D eigenvalue weighted by atomic mass is 32.2. The molecule has 1 aromatic heterocycles. The number of rotatable bonds is 2. The number of halogens is 3. The maximum absolute atomic E-state index is 13.7. The van der Waals surface area contributed by atoms with E-state index in [0.29, 0.717) is 24.5 Å². The van der Waals surface area contributed by atoms with Crippen LogP contribution in [0, 0.1) is 5.41 Å². The lowest BCUT2D eigenvalue weighted by molar-refractivity contribution is -0.175. The Morgan fingerprint density at radius 2 is 1.89 bits per heavy atom. The monoisotopic (exact) mass is 408 g/mol. The zero-order chi connectivity index (χ0) is 20.2. The average molecular weight is 408 g/mol. The number of piperidine rings is 1. The van der Waals surface area contributed by atoms with Gasteiger partial charge >= 0.3 is 6.18 Å². The molecular formula is C17H27F3N4O2S. The summed E-state index contributed by atoms with van der Waals surface area (Å²) in [6.45, 7) is 6.07. The summed E-state index contributed by atoms with van der Waals surface area (Å²) in [7, 11) is -3.46. The van der Waals surface area contributed by atoms with Gasteiger partial charge in [0.1, 0.15) is 5.82 Å². The third-order valence-corrected chi connectivity index (χ3v) is 6.76. The molecule has 0 amide bonds. The van der Waals surface area contributed by atoms with Crippen LogP contribution < -0.4 is 5.32 Å². The van der Waals surface area contributed by atoms with E-state index in [0.717, 1.165) is 23.8 Å². The highest BCUT2D eigenvalue weighted by Gasteiger charge is 2.48. The molecule has 0 bridgehead atoms. The molecule has 0 aromatic carbocycles. The van der Waals surface area contributed by atoms with Crippen molar-refractivity contribution in [3.05, 3.63) is 11.8 Å². The Morgan fingerprint density at radius 1 is 1.22 bits per heavy atom. The molecule has 1 saturated heterocycles. The van der Waals surface area contributed by atoms with Crippen LogP contribution in [0.3, 0.4) is 0 Å². The third kappa shape index (κ3) is 4.11. The van der Waals surface area contributed by atoms with Crippen LogP contribution in [0.1, 0.15) is 64.2 Å². The fraction of sp³-hybridized carbons (Fsp3) is 0.824. The number of hydrogen-bond donors (Lipinski definition) is 1. The van der Waals surface area contributed by atoms with E-state index in [9.17, 15) is 21.6 Å². The van der Waals surface area contributed by atoms with Crippen LogP contribution in [-0.2, 0) is 10.0 Å². The summed E-state index contributed by atoms with van der Waals surface area (Å²) in [6, 6.07) is -1.01. The fourth-order valence-corrected chi connectivity index (χ4v) is 5.06. The lowest BCUT2D eigenvalue weighted by Crippen LogP contribution is -2.44. The van der Waals surface area contributed by atoms with E-state index in [1.54, 1.807) is 6.07 Å². The molecule has 3 heterocycles. The largest absolute Gasteiger partial charge is 0.410 e. The number of hydrogen-bond acceptors (Lipinski definition) is 4. The summed E-state index contributed by atoms with van der Waals surface area (Å²) in [6.07, 6.45) is -1.28. The van der Waals surface area contributed by atoms with E-state index < -0.39 is 28.3 Å². The molecule has 0 saturated carbocycles. The van der Waals surface area contributed by atoms with Crippen molar-refractivity contribution in [1.82, 2.24) is 14.1 Å². The van der Waals surface area contributed by atoms with E-state index in [-0.39, 0.29) is 17.9 Å². The molecule has 2 aliphatic rings. The first kappa shape index (κ1) is 20.4. The van der Waals surface area contributed by atoms with Crippen LogP contribution >= 0.6 is 0 Å². The Balaban J connectivity index is 2.02. The molecule has 0 spiro atoms. The second-order valence-corrected chi connectivity index (χ2v) is 10.6. The van der Waals surface area contributed by atoms with Gasteiger partial charge in [0.15, 0.2) is 6.04 Å². The van der Waals surface area contributed by atoms with Crippen molar-refractivity contribution in [3.8, 4) is 0 Å². The molecule has 3 rings (SSSR count). The van der Waals surface area contributed by atoms with Crippen LogP contribution in [0.5, 0.6) is 0 Å². The van der Waals surface area contributed by atoms with Crippen molar-refractivity contribution in [2.45, 2.75) is 70.8 Å². The fourth-order valence-electron chi connectivity index (χ4n) is 3.92. The molecule has 1 N–H and O–H groups in total. The van der Waals surface area contributed by atoms with Crippen molar-refractivity contribution in [1.29, 1.82) is 0 Å². The zero-order valence-electron chi connectivity index (χ0n) is 16.0. The molecule has 10 heteroatoms. The molecule has 0 radical (unpaired) electrons. The van der Waals surface area contributed by atoms with Gasteiger partial charge in [0.05, 0.1) is 18.0 Å². The van der Waals surface area contributed by atoms with E-state index in [1.807, 2.05) is 20.8 Å². The van der Waals surface area contributed by atoms with Gasteiger partial charge in [0.2, 0.25) is 10.0 Å². The first-order valence-corrected chi connectivity index (χ1v) is 11.0. The standard InChI is InChI=1S/C17H27F3N4O2S/c1-16(2,3)13-10-14(17(18,19)20)24-15(21-13)9-11(22-24)12-7-5-6-8-23(12)27(4,25)26/h9,12-14,21H,5-8,10H2,1-4H3/t12-,13+,14-/m1/s1.